The quantitative estimate of drug-likeness (QED) is 0.891. The molecule has 0 amide bonds. The van der Waals surface area contributed by atoms with Crippen LogP contribution in [0.2, 0.25) is 0 Å². The van der Waals surface area contributed by atoms with Gasteiger partial charge in [-0.25, -0.2) is 4.98 Å². The van der Waals surface area contributed by atoms with E-state index in [2.05, 4.69) is 9.97 Å². The molecular formula is C10H11N3S2. The van der Waals surface area contributed by atoms with Gasteiger partial charge in [0.25, 0.3) is 0 Å². The lowest BCUT2D eigenvalue weighted by atomic mass is 10.3. The van der Waals surface area contributed by atoms with Gasteiger partial charge in [0.05, 0.1) is 5.69 Å². The van der Waals surface area contributed by atoms with E-state index >= 15 is 0 Å². The molecule has 2 aromatic heterocycles. The second-order valence-corrected chi connectivity index (χ2v) is 5.22. The summed E-state index contributed by atoms with van der Waals surface area (Å²) in [5.41, 5.74) is 7.51. The van der Waals surface area contributed by atoms with E-state index in [4.69, 9.17) is 5.73 Å². The molecule has 0 unspecified atom stereocenters. The monoisotopic (exact) mass is 237 g/mol. The SMILES string of the molecule is Cc1csc(Sc2ccnc(CN)c2)n1. The molecule has 0 radical (unpaired) electrons. The van der Waals surface area contributed by atoms with E-state index in [9.17, 15) is 0 Å². The summed E-state index contributed by atoms with van der Waals surface area (Å²) in [7, 11) is 0. The molecule has 5 heteroatoms. The molecule has 0 spiro atoms. The predicted octanol–water partition coefficient (Wildman–Crippen LogP) is 2.46. The Morgan fingerprint density at radius 2 is 2.40 bits per heavy atom. The lowest BCUT2D eigenvalue weighted by Crippen LogP contribution is -1.98. The molecule has 0 bridgehead atoms. The Balaban J connectivity index is 2.16. The van der Waals surface area contributed by atoms with Crippen molar-refractivity contribution in [3.8, 4) is 0 Å². The maximum absolute atomic E-state index is 5.53. The molecule has 2 N–H and O–H groups in total. The third-order valence-electron chi connectivity index (χ3n) is 1.80. The molecule has 0 fully saturated rings. The zero-order chi connectivity index (χ0) is 10.7. The van der Waals surface area contributed by atoms with Gasteiger partial charge in [0.2, 0.25) is 0 Å². The summed E-state index contributed by atoms with van der Waals surface area (Å²) in [5, 5.41) is 2.05. The van der Waals surface area contributed by atoms with Crippen molar-refractivity contribution < 1.29 is 0 Å². The molecule has 2 aromatic rings. The second-order valence-electron chi connectivity index (χ2n) is 3.04. The normalized spacial score (nSPS) is 10.5. The molecule has 3 nitrogen and oxygen atoms in total. The van der Waals surface area contributed by atoms with Gasteiger partial charge in [0.15, 0.2) is 4.34 Å². The Hall–Kier alpha value is -0.910. The third kappa shape index (κ3) is 2.77. The van der Waals surface area contributed by atoms with Crippen LogP contribution in [0.15, 0.2) is 32.9 Å². The van der Waals surface area contributed by atoms with E-state index in [1.807, 2.05) is 24.4 Å². The van der Waals surface area contributed by atoms with E-state index in [0.29, 0.717) is 6.54 Å². The van der Waals surface area contributed by atoms with Gasteiger partial charge in [0.1, 0.15) is 0 Å². The lowest BCUT2D eigenvalue weighted by Gasteiger charge is -1.99. The van der Waals surface area contributed by atoms with E-state index in [0.717, 1.165) is 20.6 Å². The Labute approximate surface area is 96.8 Å². The number of aromatic nitrogens is 2. The highest BCUT2D eigenvalue weighted by Crippen LogP contribution is 2.29. The maximum Gasteiger partial charge on any atom is 0.154 e. The number of rotatable bonds is 3. The Kier molecular flexibility index (Phi) is 3.35. The van der Waals surface area contributed by atoms with E-state index < -0.39 is 0 Å². The number of nitrogens with zero attached hydrogens (tertiary/aromatic N) is 2. The number of thiazole rings is 1. The fourth-order valence-electron chi connectivity index (χ4n) is 1.11. The molecule has 2 heterocycles. The molecule has 0 saturated heterocycles. The Bertz CT molecular complexity index is 453. The van der Waals surface area contributed by atoms with Crippen LogP contribution < -0.4 is 5.73 Å². The van der Waals surface area contributed by atoms with Crippen LogP contribution in [0.5, 0.6) is 0 Å². The van der Waals surface area contributed by atoms with Crippen molar-refractivity contribution in [2.45, 2.75) is 22.7 Å². The van der Waals surface area contributed by atoms with Crippen LogP contribution in [0.25, 0.3) is 0 Å². The van der Waals surface area contributed by atoms with E-state index in [1.165, 1.54) is 0 Å². The Morgan fingerprint density at radius 1 is 1.53 bits per heavy atom. The maximum atomic E-state index is 5.53. The standard InChI is InChI=1S/C10H11N3S2/c1-7-6-14-10(13-7)15-9-2-3-12-8(4-9)5-11/h2-4,6H,5,11H2,1H3. The third-order valence-corrected chi connectivity index (χ3v) is 3.85. The highest BCUT2D eigenvalue weighted by Gasteiger charge is 2.02. The summed E-state index contributed by atoms with van der Waals surface area (Å²) in [6.07, 6.45) is 1.78. The molecule has 0 aliphatic heterocycles. The number of hydrogen-bond donors (Lipinski definition) is 1. The van der Waals surface area contributed by atoms with Crippen molar-refractivity contribution in [1.82, 2.24) is 9.97 Å². The zero-order valence-electron chi connectivity index (χ0n) is 8.30. The molecular weight excluding hydrogens is 226 g/mol. The average molecular weight is 237 g/mol. The van der Waals surface area contributed by atoms with Crippen molar-refractivity contribution in [2.75, 3.05) is 0 Å². The van der Waals surface area contributed by atoms with Gasteiger partial charge in [-0.15, -0.1) is 11.3 Å². The molecule has 0 saturated carbocycles. The first kappa shape index (κ1) is 10.6. The summed E-state index contributed by atoms with van der Waals surface area (Å²) < 4.78 is 1.06. The number of aryl methyl sites for hydroxylation is 1. The van der Waals surface area contributed by atoms with Crippen LogP contribution in [0, 0.1) is 6.92 Å². The highest BCUT2D eigenvalue weighted by molar-refractivity contribution is 8.01. The van der Waals surface area contributed by atoms with Crippen LogP contribution in [0.4, 0.5) is 0 Å². The zero-order valence-corrected chi connectivity index (χ0v) is 9.94. The van der Waals surface area contributed by atoms with Crippen LogP contribution in [-0.2, 0) is 6.54 Å². The van der Waals surface area contributed by atoms with Crippen molar-refractivity contribution in [2.24, 2.45) is 5.73 Å². The van der Waals surface area contributed by atoms with Gasteiger partial charge in [-0.05, 0) is 19.1 Å². The molecule has 0 atom stereocenters. The summed E-state index contributed by atoms with van der Waals surface area (Å²) >= 11 is 3.31. The fraction of sp³-hybridized carbons (Fsp3) is 0.200. The fourth-order valence-corrected chi connectivity index (χ4v) is 2.97. The van der Waals surface area contributed by atoms with Crippen molar-refractivity contribution in [3.63, 3.8) is 0 Å². The average Bonchev–Trinajstić information content (AvgIpc) is 2.64. The van der Waals surface area contributed by atoms with Gasteiger partial charge >= 0.3 is 0 Å². The number of hydrogen-bond acceptors (Lipinski definition) is 5. The van der Waals surface area contributed by atoms with Gasteiger partial charge in [0, 0.05) is 28.7 Å². The highest BCUT2D eigenvalue weighted by atomic mass is 32.2. The van der Waals surface area contributed by atoms with Crippen LogP contribution >= 0.6 is 23.1 Å². The largest absolute Gasteiger partial charge is 0.325 e. The second kappa shape index (κ2) is 4.74. The van der Waals surface area contributed by atoms with Gasteiger partial charge in [-0.2, -0.15) is 0 Å². The van der Waals surface area contributed by atoms with Crippen molar-refractivity contribution in [3.05, 3.63) is 35.1 Å². The number of nitrogens with two attached hydrogens (primary N) is 1. The summed E-state index contributed by atoms with van der Waals surface area (Å²) in [4.78, 5) is 9.68. The molecule has 15 heavy (non-hydrogen) atoms. The topological polar surface area (TPSA) is 51.8 Å². The summed E-state index contributed by atoms with van der Waals surface area (Å²) in [6.45, 7) is 2.48. The van der Waals surface area contributed by atoms with Gasteiger partial charge < -0.3 is 5.73 Å². The molecule has 2 rings (SSSR count). The van der Waals surface area contributed by atoms with Crippen LogP contribution in [0.1, 0.15) is 11.4 Å². The molecule has 0 aliphatic carbocycles. The minimum absolute atomic E-state index is 0.477. The lowest BCUT2D eigenvalue weighted by molar-refractivity contribution is 0.976. The van der Waals surface area contributed by atoms with Gasteiger partial charge in [-0.1, -0.05) is 11.8 Å². The van der Waals surface area contributed by atoms with E-state index in [1.54, 1.807) is 29.3 Å². The number of pyridine rings is 1. The van der Waals surface area contributed by atoms with Crippen molar-refractivity contribution in [1.29, 1.82) is 0 Å². The molecule has 0 aromatic carbocycles. The first-order valence-corrected chi connectivity index (χ1v) is 6.22. The smallest absolute Gasteiger partial charge is 0.154 e. The first-order valence-electron chi connectivity index (χ1n) is 4.53. The van der Waals surface area contributed by atoms with Crippen LogP contribution in [-0.4, -0.2) is 9.97 Å². The first-order chi connectivity index (χ1) is 7.28. The molecule has 78 valence electrons. The summed E-state index contributed by atoms with van der Waals surface area (Å²) in [6, 6.07) is 3.97. The van der Waals surface area contributed by atoms with E-state index in [-0.39, 0.29) is 0 Å². The molecule has 0 aliphatic rings. The van der Waals surface area contributed by atoms with Crippen LogP contribution in [0.3, 0.4) is 0 Å². The van der Waals surface area contributed by atoms with Gasteiger partial charge in [-0.3, -0.25) is 4.98 Å². The van der Waals surface area contributed by atoms with Crippen molar-refractivity contribution >= 4 is 23.1 Å². The minimum atomic E-state index is 0.477. The predicted molar refractivity (Wildman–Crippen MR) is 63.1 cm³/mol. The Morgan fingerprint density at radius 3 is 3.07 bits per heavy atom. The minimum Gasteiger partial charge on any atom is -0.325 e. The summed E-state index contributed by atoms with van der Waals surface area (Å²) in [5.74, 6) is 0.